The van der Waals surface area contributed by atoms with E-state index < -0.39 is 17.5 Å². The Morgan fingerprint density at radius 3 is 2.65 bits per heavy atom. The minimum atomic E-state index is -0.581. The molecule has 0 atom stereocenters. The molecule has 4 rings (SSSR count). The Labute approximate surface area is 233 Å². The summed E-state index contributed by atoms with van der Waals surface area (Å²) in [6.07, 6.45) is 0.0483. The molecule has 3 heterocycles. The molecule has 0 saturated carbocycles. The van der Waals surface area contributed by atoms with Crippen LogP contribution in [0.2, 0.25) is 0 Å². The third-order valence-corrected chi connectivity index (χ3v) is 7.98. The Kier molecular flexibility index (Phi) is 7.76. The lowest BCUT2D eigenvalue weighted by Gasteiger charge is -2.39. The van der Waals surface area contributed by atoms with Crippen molar-refractivity contribution in [2.24, 2.45) is 11.3 Å². The van der Waals surface area contributed by atoms with Crippen LogP contribution in [0.3, 0.4) is 0 Å². The standard InChI is InChI=1S/C26H32FIN4O4S/c1-25(2,3)36-24(35)29-10-14-11-32(12-14)23(34)19-16-9-26(4,5)13-30-21(33)20(16)37-22(19)31-18-7-6-15(28)8-17(18)27/h6-8,14,31H,9-13H2,1-5H3,(H,29,35)(H,30,33). The summed E-state index contributed by atoms with van der Waals surface area (Å²) in [4.78, 5) is 40.8. The number of alkyl carbamates (subject to hydrolysis) is 1. The van der Waals surface area contributed by atoms with E-state index in [1.807, 2.05) is 36.4 Å². The minimum absolute atomic E-state index is 0.0958. The highest BCUT2D eigenvalue weighted by molar-refractivity contribution is 14.1. The molecule has 0 radical (unpaired) electrons. The number of anilines is 2. The summed E-state index contributed by atoms with van der Waals surface area (Å²) in [5.74, 6) is -0.766. The Morgan fingerprint density at radius 2 is 2.00 bits per heavy atom. The first-order chi connectivity index (χ1) is 17.2. The number of ether oxygens (including phenoxy) is 1. The van der Waals surface area contributed by atoms with Gasteiger partial charge in [0, 0.05) is 35.7 Å². The molecule has 1 aromatic heterocycles. The summed E-state index contributed by atoms with van der Waals surface area (Å²) in [5.41, 5.74) is 0.522. The molecule has 200 valence electrons. The fourth-order valence-corrected chi connectivity index (χ4v) is 5.94. The summed E-state index contributed by atoms with van der Waals surface area (Å²) in [7, 11) is 0. The molecule has 1 saturated heterocycles. The molecular formula is C26H32FIN4O4S. The third kappa shape index (κ3) is 6.54. The van der Waals surface area contributed by atoms with E-state index in [1.54, 1.807) is 37.8 Å². The highest BCUT2D eigenvalue weighted by Gasteiger charge is 2.39. The molecule has 37 heavy (non-hydrogen) atoms. The number of halogens is 2. The van der Waals surface area contributed by atoms with E-state index >= 15 is 0 Å². The lowest BCUT2D eigenvalue weighted by Crippen LogP contribution is -2.54. The Bertz CT molecular complexity index is 1230. The average molecular weight is 643 g/mol. The number of nitrogens with one attached hydrogen (secondary N) is 3. The number of likely N-dealkylation sites (tertiary alicyclic amines) is 1. The number of thiophene rings is 1. The monoisotopic (exact) mass is 642 g/mol. The highest BCUT2D eigenvalue weighted by Crippen LogP contribution is 2.42. The molecule has 3 amide bonds. The van der Waals surface area contributed by atoms with Gasteiger partial charge >= 0.3 is 6.09 Å². The predicted molar refractivity (Wildman–Crippen MR) is 150 cm³/mol. The summed E-state index contributed by atoms with van der Waals surface area (Å²) < 4.78 is 20.7. The highest BCUT2D eigenvalue weighted by atomic mass is 127. The van der Waals surface area contributed by atoms with Gasteiger partial charge in [0.05, 0.1) is 16.1 Å². The molecule has 1 fully saturated rings. The second-order valence-corrected chi connectivity index (χ2v) is 13.6. The van der Waals surface area contributed by atoms with Crippen LogP contribution < -0.4 is 16.0 Å². The molecule has 3 N–H and O–H groups in total. The third-order valence-electron chi connectivity index (χ3n) is 6.17. The molecule has 2 aliphatic rings. The Morgan fingerprint density at radius 1 is 1.30 bits per heavy atom. The van der Waals surface area contributed by atoms with Crippen LogP contribution in [0.5, 0.6) is 0 Å². The molecule has 0 bridgehead atoms. The fraction of sp³-hybridized carbons (Fsp3) is 0.500. The van der Waals surface area contributed by atoms with Crippen LogP contribution in [-0.4, -0.2) is 54.6 Å². The minimum Gasteiger partial charge on any atom is -0.444 e. The van der Waals surface area contributed by atoms with E-state index in [4.69, 9.17) is 4.74 Å². The summed E-state index contributed by atoms with van der Waals surface area (Å²) in [5, 5.41) is 9.26. The summed E-state index contributed by atoms with van der Waals surface area (Å²) in [6, 6.07) is 4.82. The zero-order valence-corrected chi connectivity index (χ0v) is 24.6. The van der Waals surface area contributed by atoms with E-state index in [1.165, 1.54) is 17.4 Å². The lowest BCUT2D eigenvalue weighted by molar-refractivity contribution is 0.0420. The maximum atomic E-state index is 14.7. The SMILES string of the molecule is CC1(C)CNC(=O)c2sc(Nc3ccc(I)cc3F)c(C(=O)N3CC(CNC(=O)OC(C)(C)C)C3)c2C1. The average Bonchev–Trinajstić information content (AvgIpc) is 3.03. The number of hydrogen-bond acceptors (Lipinski definition) is 6. The number of fused-ring (bicyclic) bond motifs is 1. The van der Waals surface area contributed by atoms with E-state index in [9.17, 15) is 18.8 Å². The van der Waals surface area contributed by atoms with E-state index in [-0.39, 0.29) is 28.8 Å². The zero-order valence-electron chi connectivity index (χ0n) is 21.6. The van der Waals surface area contributed by atoms with Crippen molar-refractivity contribution in [2.45, 2.75) is 46.6 Å². The number of carbonyl (C=O) groups is 3. The number of hydrogen-bond donors (Lipinski definition) is 3. The first-order valence-electron chi connectivity index (χ1n) is 12.1. The van der Waals surface area contributed by atoms with Gasteiger partial charge < -0.3 is 25.6 Å². The summed E-state index contributed by atoms with van der Waals surface area (Å²) in [6.45, 7) is 11.3. The van der Waals surface area contributed by atoms with Crippen molar-refractivity contribution in [2.75, 3.05) is 31.5 Å². The Balaban J connectivity index is 1.56. The van der Waals surface area contributed by atoms with Gasteiger partial charge in [0.2, 0.25) is 0 Å². The van der Waals surface area contributed by atoms with Crippen molar-refractivity contribution in [1.29, 1.82) is 0 Å². The number of benzene rings is 1. The van der Waals surface area contributed by atoms with Gasteiger partial charge in [0.15, 0.2) is 0 Å². The molecule has 11 heteroatoms. The quantitative estimate of drug-likeness (QED) is 0.393. The predicted octanol–water partition coefficient (Wildman–Crippen LogP) is 5.14. The molecule has 2 aromatic rings. The van der Waals surface area contributed by atoms with Gasteiger partial charge in [-0.25, -0.2) is 9.18 Å². The van der Waals surface area contributed by atoms with E-state index in [2.05, 4.69) is 16.0 Å². The second-order valence-electron chi connectivity index (χ2n) is 11.3. The van der Waals surface area contributed by atoms with E-state index in [0.29, 0.717) is 53.6 Å². The molecular weight excluding hydrogens is 610 g/mol. The first-order valence-corrected chi connectivity index (χ1v) is 14.0. The molecule has 0 unspecified atom stereocenters. The number of rotatable bonds is 5. The van der Waals surface area contributed by atoms with Crippen molar-refractivity contribution in [1.82, 2.24) is 15.5 Å². The number of carbonyl (C=O) groups excluding carboxylic acids is 3. The maximum absolute atomic E-state index is 14.7. The van der Waals surface area contributed by atoms with Crippen molar-refractivity contribution >= 4 is 62.5 Å². The molecule has 8 nitrogen and oxygen atoms in total. The van der Waals surface area contributed by atoms with Crippen LogP contribution in [-0.2, 0) is 11.2 Å². The second kappa shape index (κ2) is 10.4. The van der Waals surface area contributed by atoms with Gasteiger partial charge in [-0.1, -0.05) is 13.8 Å². The topological polar surface area (TPSA) is 99.8 Å². The van der Waals surface area contributed by atoms with Gasteiger partial charge in [-0.3, -0.25) is 9.59 Å². The molecule has 0 spiro atoms. The van der Waals surface area contributed by atoms with Gasteiger partial charge in [-0.15, -0.1) is 11.3 Å². The van der Waals surface area contributed by atoms with Crippen molar-refractivity contribution in [3.05, 3.63) is 43.6 Å². The lowest BCUT2D eigenvalue weighted by atomic mass is 9.85. The van der Waals surface area contributed by atoms with Gasteiger partial charge in [-0.05, 0) is 79.0 Å². The van der Waals surface area contributed by atoms with Gasteiger partial charge in [0.1, 0.15) is 16.4 Å². The maximum Gasteiger partial charge on any atom is 0.407 e. The number of nitrogens with zero attached hydrogens (tertiary/aromatic N) is 1. The van der Waals surface area contributed by atoms with Crippen molar-refractivity contribution in [3.8, 4) is 0 Å². The van der Waals surface area contributed by atoms with Crippen molar-refractivity contribution in [3.63, 3.8) is 0 Å². The first kappa shape index (κ1) is 27.6. The molecule has 2 aliphatic heterocycles. The van der Waals surface area contributed by atoms with Crippen LogP contribution >= 0.6 is 33.9 Å². The summed E-state index contributed by atoms with van der Waals surface area (Å²) >= 11 is 3.22. The number of amides is 3. The van der Waals surface area contributed by atoms with Crippen molar-refractivity contribution < 1.29 is 23.5 Å². The molecule has 1 aromatic carbocycles. The van der Waals surface area contributed by atoms with Crippen LogP contribution in [0, 0.1) is 20.7 Å². The smallest absolute Gasteiger partial charge is 0.407 e. The fourth-order valence-electron chi connectivity index (χ4n) is 4.35. The van der Waals surface area contributed by atoms with Gasteiger partial charge in [-0.2, -0.15) is 0 Å². The van der Waals surface area contributed by atoms with Crippen LogP contribution in [0.15, 0.2) is 18.2 Å². The van der Waals surface area contributed by atoms with E-state index in [0.717, 1.165) is 3.57 Å². The zero-order chi connectivity index (χ0) is 27.1. The largest absolute Gasteiger partial charge is 0.444 e. The Hall–Kier alpha value is -2.41. The van der Waals surface area contributed by atoms with Crippen LogP contribution in [0.4, 0.5) is 19.9 Å². The normalized spacial score (nSPS) is 17.3. The van der Waals surface area contributed by atoms with Crippen LogP contribution in [0.25, 0.3) is 0 Å². The van der Waals surface area contributed by atoms with Crippen LogP contribution in [0.1, 0.15) is 60.2 Å². The molecule has 0 aliphatic carbocycles. The van der Waals surface area contributed by atoms with Gasteiger partial charge in [0.25, 0.3) is 11.8 Å².